The average molecular weight is 213 g/mol. The first-order chi connectivity index (χ1) is 4.74. The zero-order valence-corrected chi connectivity index (χ0v) is 8.66. The van der Waals surface area contributed by atoms with E-state index >= 15 is 0 Å². The molecule has 0 aliphatic heterocycles. The van der Waals surface area contributed by atoms with Crippen LogP contribution in [0, 0.1) is 0 Å². The molecule has 1 radical (unpaired) electrons. The number of hydrogen-bond donors (Lipinski definition) is 0. The van der Waals surface area contributed by atoms with Crippen molar-refractivity contribution in [3.63, 3.8) is 0 Å². The molecule has 0 rings (SSSR count). The van der Waals surface area contributed by atoms with E-state index in [1.165, 1.54) is 21.3 Å². The van der Waals surface area contributed by atoms with E-state index in [4.69, 9.17) is 14.9 Å². The number of hydrogen-bond acceptors (Lipinski definition) is 4. The first-order valence-electron chi connectivity index (χ1n) is 2.95. The molecule has 0 spiro atoms. The van der Waals surface area contributed by atoms with Gasteiger partial charge in [-0.2, -0.15) is 0 Å². The van der Waals surface area contributed by atoms with Crippen molar-refractivity contribution in [2.75, 3.05) is 27.9 Å². The van der Waals surface area contributed by atoms with Crippen molar-refractivity contribution in [3.8, 4) is 0 Å². The van der Waals surface area contributed by atoms with Crippen LogP contribution in [0.5, 0.6) is 0 Å². The van der Waals surface area contributed by atoms with Crippen LogP contribution < -0.4 is 0 Å². The molecule has 0 amide bonds. The molecule has 0 heterocycles. The molecule has 0 saturated carbocycles. The van der Waals surface area contributed by atoms with Crippen molar-refractivity contribution < 1.29 is 14.9 Å². The Balaban J connectivity index is 3.87. The van der Waals surface area contributed by atoms with Gasteiger partial charge in [0.15, 0.2) is 0 Å². The van der Waals surface area contributed by atoms with E-state index in [9.17, 15) is 0 Å². The van der Waals surface area contributed by atoms with Crippen molar-refractivity contribution >= 4 is 14.9 Å². The molecule has 10 heavy (non-hydrogen) atoms. The predicted octanol–water partition coefficient (Wildman–Crippen LogP) is 0.398. The van der Waals surface area contributed by atoms with Gasteiger partial charge in [0, 0.05) is 0 Å². The van der Waals surface area contributed by atoms with Crippen LogP contribution in [0.1, 0.15) is 6.92 Å². The summed E-state index contributed by atoms with van der Waals surface area (Å²) in [5.74, 6) is 0. The molecule has 0 unspecified atom stereocenters. The Hall–Kier alpha value is 0.398. The minimum atomic E-state index is -3.05. The Labute approximate surface area is 65.3 Å². The Kier molecular flexibility index (Phi) is 5.31. The van der Waals surface area contributed by atoms with Crippen molar-refractivity contribution in [2.45, 2.75) is 6.92 Å². The monoisotopic (exact) mass is 213 g/mol. The summed E-state index contributed by atoms with van der Waals surface area (Å²) in [5.41, 5.74) is 0. The van der Waals surface area contributed by atoms with E-state index in [1.807, 2.05) is 6.92 Å². The standard InChI is InChI=1S/C5H14AsO4/c1-5-10-6(7-2,8-3)9-4/h5H2,1-4H3. The van der Waals surface area contributed by atoms with E-state index in [0.29, 0.717) is 6.61 Å². The van der Waals surface area contributed by atoms with Gasteiger partial charge in [-0.1, -0.05) is 0 Å². The first kappa shape index (κ1) is 10.4. The quantitative estimate of drug-likeness (QED) is 0.619. The van der Waals surface area contributed by atoms with Gasteiger partial charge in [0.2, 0.25) is 0 Å². The van der Waals surface area contributed by atoms with Crippen LogP contribution in [0.4, 0.5) is 0 Å². The van der Waals surface area contributed by atoms with Crippen LogP contribution in [0.2, 0.25) is 0 Å². The third-order valence-corrected chi connectivity index (χ3v) is 4.98. The van der Waals surface area contributed by atoms with Crippen LogP contribution in [0.15, 0.2) is 0 Å². The molecule has 0 N–H and O–H groups in total. The van der Waals surface area contributed by atoms with Crippen molar-refractivity contribution in [1.82, 2.24) is 0 Å². The Morgan fingerprint density at radius 3 is 1.50 bits per heavy atom. The van der Waals surface area contributed by atoms with Crippen molar-refractivity contribution in [3.05, 3.63) is 0 Å². The predicted molar refractivity (Wildman–Crippen MR) is 38.4 cm³/mol. The van der Waals surface area contributed by atoms with Crippen molar-refractivity contribution in [1.29, 1.82) is 0 Å². The maximum atomic E-state index is 5.18. The third kappa shape index (κ3) is 2.56. The first-order valence-corrected chi connectivity index (χ1v) is 6.02. The summed E-state index contributed by atoms with van der Waals surface area (Å²) in [4.78, 5) is 0. The molecule has 5 heteroatoms. The topological polar surface area (TPSA) is 36.9 Å². The van der Waals surface area contributed by atoms with Gasteiger partial charge in [-0.15, -0.1) is 0 Å². The zero-order chi connectivity index (χ0) is 8.04. The van der Waals surface area contributed by atoms with E-state index in [2.05, 4.69) is 0 Å². The van der Waals surface area contributed by atoms with Crippen LogP contribution in [0.25, 0.3) is 0 Å². The molecule has 4 nitrogen and oxygen atoms in total. The minimum absolute atomic E-state index is 0.544. The van der Waals surface area contributed by atoms with Gasteiger partial charge in [-0.25, -0.2) is 0 Å². The van der Waals surface area contributed by atoms with Crippen LogP contribution in [-0.2, 0) is 14.9 Å². The molecule has 0 fully saturated rings. The van der Waals surface area contributed by atoms with Gasteiger partial charge in [0.05, 0.1) is 0 Å². The van der Waals surface area contributed by atoms with Gasteiger partial charge < -0.3 is 0 Å². The van der Waals surface area contributed by atoms with Crippen LogP contribution >= 0.6 is 0 Å². The molecular formula is C5H14AsO4. The van der Waals surface area contributed by atoms with Crippen LogP contribution in [-0.4, -0.2) is 42.9 Å². The molecule has 0 atom stereocenters. The van der Waals surface area contributed by atoms with Crippen molar-refractivity contribution in [2.24, 2.45) is 0 Å². The van der Waals surface area contributed by atoms with Gasteiger partial charge in [-0.3, -0.25) is 0 Å². The van der Waals surface area contributed by atoms with E-state index < -0.39 is 14.9 Å². The zero-order valence-electron chi connectivity index (χ0n) is 6.79. The number of rotatable bonds is 5. The average Bonchev–Trinajstić information content (AvgIpc) is 2.01. The second kappa shape index (κ2) is 5.10. The summed E-state index contributed by atoms with van der Waals surface area (Å²) >= 11 is -3.05. The summed E-state index contributed by atoms with van der Waals surface area (Å²) in [5, 5.41) is 0. The Morgan fingerprint density at radius 2 is 1.40 bits per heavy atom. The van der Waals surface area contributed by atoms with E-state index in [1.54, 1.807) is 0 Å². The Bertz CT molecular complexity index is 75.5. The fraction of sp³-hybridized carbons (Fsp3) is 1.00. The summed E-state index contributed by atoms with van der Waals surface area (Å²) in [6.45, 7) is 2.41. The van der Waals surface area contributed by atoms with Crippen LogP contribution in [0.3, 0.4) is 0 Å². The summed E-state index contributed by atoms with van der Waals surface area (Å²) in [6.07, 6.45) is 0. The molecule has 0 aromatic heterocycles. The summed E-state index contributed by atoms with van der Waals surface area (Å²) in [7, 11) is 4.57. The second-order valence-electron chi connectivity index (χ2n) is 1.41. The molecule has 0 aliphatic rings. The molecule has 0 aromatic rings. The normalized spacial score (nSPS) is 12.0. The van der Waals surface area contributed by atoms with E-state index in [0.717, 1.165) is 0 Å². The van der Waals surface area contributed by atoms with Gasteiger partial charge >= 0.3 is 64.7 Å². The maximum absolute atomic E-state index is 5.18. The van der Waals surface area contributed by atoms with Gasteiger partial charge in [0.1, 0.15) is 0 Å². The molecule has 0 saturated heterocycles. The Morgan fingerprint density at radius 1 is 1.00 bits per heavy atom. The summed E-state index contributed by atoms with van der Waals surface area (Å²) < 4.78 is 20.1. The molecule has 0 aliphatic carbocycles. The molecule has 0 bridgehead atoms. The second-order valence-corrected chi connectivity index (χ2v) is 6.13. The molecular weight excluding hydrogens is 199 g/mol. The summed E-state index contributed by atoms with van der Waals surface area (Å²) in [6, 6.07) is 0. The third-order valence-electron chi connectivity index (χ3n) is 0.958. The fourth-order valence-electron chi connectivity index (χ4n) is 0.540. The van der Waals surface area contributed by atoms with Gasteiger partial charge in [0.25, 0.3) is 0 Å². The molecule has 63 valence electrons. The fourth-order valence-corrected chi connectivity index (χ4v) is 2.81. The molecule has 0 aromatic carbocycles. The van der Waals surface area contributed by atoms with E-state index in [-0.39, 0.29) is 0 Å². The SMILES string of the molecule is CCO[As](OC)(OC)OC. The van der Waals surface area contributed by atoms with Gasteiger partial charge in [-0.05, 0) is 0 Å².